The monoisotopic (exact) mass is 407 g/mol. The van der Waals surface area contributed by atoms with Gasteiger partial charge in [-0.1, -0.05) is 54.2 Å². The van der Waals surface area contributed by atoms with Crippen molar-refractivity contribution < 1.29 is 4.79 Å². The second-order valence-corrected chi connectivity index (χ2v) is 8.83. The Bertz CT molecular complexity index is 1010. The summed E-state index contributed by atoms with van der Waals surface area (Å²) in [6.07, 6.45) is 3.14. The summed E-state index contributed by atoms with van der Waals surface area (Å²) < 4.78 is 1.73. The summed E-state index contributed by atoms with van der Waals surface area (Å²) in [5.74, 6) is 0.00718. The molecule has 1 amide bonds. The van der Waals surface area contributed by atoms with Gasteiger partial charge in [0, 0.05) is 0 Å². The molecule has 1 N–H and O–H groups in total. The van der Waals surface area contributed by atoms with Gasteiger partial charge >= 0.3 is 0 Å². The van der Waals surface area contributed by atoms with Crippen LogP contribution in [0.3, 0.4) is 0 Å². The summed E-state index contributed by atoms with van der Waals surface area (Å²) in [6, 6.07) is 14.6. The van der Waals surface area contributed by atoms with E-state index in [0.29, 0.717) is 5.16 Å². The Morgan fingerprint density at radius 2 is 1.93 bits per heavy atom. The first-order chi connectivity index (χ1) is 14.0. The molecule has 0 radical (unpaired) electrons. The molecule has 0 saturated carbocycles. The summed E-state index contributed by atoms with van der Waals surface area (Å²) in [5.41, 5.74) is 5.73. The van der Waals surface area contributed by atoms with E-state index in [2.05, 4.69) is 39.0 Å². The van der Waals surface area contributed by atoms with Crippen LogP contribution in [-0.2, 0) is 11.2 Å². The van der Waals surface area contributed by atoms with Crippen molar-refractivity contribution in [2.24, 2.45) is 0 Å². The molecule has 29 heavy (non-hydrogen) atoms. The van der Waals surface area contributed by atoms with Crippen molar-refractivity contribution in [1.82, 2.24) is 25.5 Å². The molecule has 1 heterocycles. The van der Waals surface area contributed by atoms with Crippen molar-refractivity contribution in [3.8, 4) is 5.69 Å². The van der Waals surface area contributed by atoms with Crippen molar-refractivity contribution >= 4 is 17.7 Å². The summed E-state index contributed by atoms with van der Waals surface area (Å²) in [4.78, 5) is 12.9. The van der Waals surface area contributed by atoms with Crippen LogP contribution in [-0.4, -0.2) is 31.4 Å². The molecule has 7 heteroatoms. The predicted octanol–water partition coefficient (Wildman–Crippen LogP) is 3.95. The van der Waals surface area contributed by atoms with Crippen molar-refractivity contribution in [2.75, 3.05) is 0 Å². The van der Waals surface area contributed by atoms with Crippen LogP contribution in [0.2, 0.25) is 0 Å². The summed E-state index contributed by atoms with van der Waals surface area (Å²) in [6.45, 7) is 5.97. The van der Waals surface area contributed by atoms with E-state index in [1.165, 1.54) is 22.9 Å². The standard InChI is InChI=1S/C22H25N5OS/c1-14-8-6-9-15(2)20(14)27-22(24-25-26-27)29-16(3)21(28)23-19-13-7-11-17-10-4-5-12-18(17)19/h4-6,8-10,12,16,19H,7,11,13H2,1-3H3,(H,23,28)/t16-,19-/m1/s1. The average Bonchev–Trinajstić information content (AvgIpc) is 3.16. The summed E-state index contributed by atoms with van der Waals surface area (Å²) >= 11 is 1.38. The molecule has 2 atom stereocenters. The van der Waals surface area contributed by atoms with Crippen LogP contribution in [0.15, 0.2) is 47.6 Å². The number of carbonyl (C=O) groups is 1. The van der Waals surface area contributed by atoms with Crippen molar-refractivity contribution in [3.05, 3.63) is 64.7 Å². The van der Waals surface area contributed by atoms with Gasteiger partial charge in [0.2, 0.25) is 11.1 Å². The Hall–Kier alpha value is -2.67. The van der Waals surface area contributed by atoms with Gasteiger partial charge in [0.1, 0.15) is 0 Å². The number of thioether (sulfide) groups is 1. The molecule has 0 bridgehead atoms. The number of hydrogen-bond acceptors (Lipinski definition) is 5. The Morgan fingerprint density at radius 3 is 2.72 bits per heavy atom. The molecular formula is C22H25N5OS. The molecule has 0 fully saturated rings. The Kier molecular flexibility index (Phi) is 5.67. The van der Waals surface area contributed by atoms with Crippen LogP contribution < -0.4 is 5.32 Å². The van der Waals surface area contributed by atoms with Gasteiger partial charge in [0.15, 0.2) is 0 Å². The lowest BCUT2D eigenvalue weighted by molar-refractivity contribution is -0.121. The normalized spacial score (nSPS) is 16.9. The van der Waals surface area contributed by atoms with Crippen LogP contribution in [0.5, 0.6) is 0 Å². The van der Waals surface area contributed by atoms with E-state index in [9.17, 15) is 4.79 Å². The highest BCUT2D eigenvalue weighted by molar-refractivity contribution is 8.00. The molecule has 1 aliphatic carbocycles. The third kappa shape index (κ3) is 4.05. The van der Waals surface area contributed by atoms with Gasteiger partial charge in [-0.2, -0.15) is 4.68 Å². The molecule has 0 saturated heterocycles. The van der Waals surface area contributed by atoms with Gasteiger partial charge < -0.3 is 5.32 Å². The third-order valence-corrected chi connectivity index (χ3v) is 6.46. The highest BCUT2D eigenvalue weighted by Gasteiger charge is 2.25. The number of tetrazole rings is 1. The molecule has 0 aliphatic heterocycles. The van der Waals surface area contributed by atoms with E-state index in [4.69, 9.17) is 0 Å². The quantitative estimate of drug-likeness (QED) is 0.648. The maximum atomic E-state index is 12.9. The van der Waals surface area contributed by atoms with E-state index in [1.54, 1.807) is 4.68 Å². The lowest BCUT2D eigenvalue weighted by atomic mass is 9.88. The van der Waals surface area contributed by atoms with Crippen LogP contribution in [0.25, 0.3) is 5.69 Å². The number of aryl methyl sites for hydroxylation is 3. The Labute approximate surface area is 175 Å². The molecule has 150 valence electrons. The maximum Gasteiger partial charge on any atom is 0.233 e. The zero-order valence-corrected chi connectivity index (χ0v) is 17.7. The predicted molar refractivity (Wildman–Crippen MR) is 114 cm³/mol. The molecule has 1 aliphatic rings. The number of amides is 1. The van der Waals surface area contributed by atoms with E-state index < -0.39 is 0 Å². The van der Waals surface area contributed by atoms with Crippen LogP contribution in [0.1, 0.15) is 48.1 Å². The van der Waals surface area contributed by atoms with Gasteiger partial charge in [-0.05, 0) is 72.7 Å². The minimum Gasteiger partial charge on any atom is -0.348 e. The van der Waals surface area contributed by atoms with Gasteiger partial charge in [0.05, 0.1) is 17.0 Å². The largest absolute Gasteiger partial charge is 0.348 e. The van der Waals surface area contributed by atoms with E-state index in [0.717, 1.165) is 36.1 Å². The van der Waals surface area contributed by atoms with Gasteiger partial charge in [-0.15, -0.1) is 5.10 Å². The molecule has 3 aromatic rings. The number of aromatic nitrogens is 4. The van der Waals surface area contributed by atoms with Crippen LogP contribution in [0.4, 0.5) is 0 Å². The van der Waals surface area contributed by atoms with Crippen molar-refractivity contribution in [3.63, 3.8) is 0 Å². The third-order valence-electron chi connectivity index (χ3n) is 5.43. The van der Waals surface area contributed by atoms with E-state index >= 15 is 0 Å². The highest BCUT2D eigenvalue weighted by Crippen LogP contribution is 2.31. The maximum absolute atomic E-state index is 12.9. The number of benzene rings is 2. The summed E-state index contributed by atoms with van der Waals surface area (Å²) in [7, 11) is 0. The van der Waals surface area contributed by atoms with Gasteiger partial charge in [-0.3, -0.25) is 4.79 Å². The van der Waals surface area contributed by atoms with Gasteiger partial charge in [0.25, 0.3) is 0 Å². The zero-order valence-electron chi connectivity index (χ0n) is 16.9. The molecule has 0 unspecified atom stereocenters. The molecule has 6 nitrogen and oxygen atoms in total. The topological polar surface area (TPSA) is 72.7 Å². The molecular weight excluding hydrogens is 382 g/mol. The smallest absolute Gasteiger partial charge is 0.233 e. The molecule has 4 rings (SSSR count). The fourth-order valence-electron chi connectivity index (χ4n) is 3.94. The molecule has 1 aromatic heterocycles. The number of carbonyl (C=O) groups excluding carboxylic acids is 1. The number of para-hydroxylation sites is 1. The number of nitrogens with zero attached hydrogens (tertiary/aromatic N) is 4. The Balaban J connectivity index is 1.49. The second-order valence-electron chi connectivity index (χ2n) is 7.53. The first-order valence-corrected chi connectivity index (χ1v) is 10.8. The van der Waals surface area contributed by atoms with E-state index in [1.807, 2.05) is 45.0 Å². The number of rotatable bonds is 5. The van der Waals surface area contributed by atoms with Crippen LogP contribution in [0, 0.1) is 13.8 Å². The first kappa shape index (κ1) is 19.6. The lowest BCUT2D eigenvalue weighted by Crippen LogP contribution is -2.36. The van der Waals surface area contributed by atoms with Gasteiger partial charge in [-0.25, -0.2) is 0 Å². The highest BCUT2D eigenvalue weighted by atomic mass is 32.2. The number of nitrogens with one attached hydrogen (secondary N) is 1. The molecule has 2 aromatic carbocycles. The average molecular weight is 408 g/mol. The summed E-state index contributed by atoms with van der Waals surface area (Å²) in [5, 5.41) is 15.7. The fourth-order valence-corrected chi connectivity index (χ4v) is 4.74. The zero-order chi connectivity index (χ0) is 20.4. The van der Waals surface area contributed by atoms with Crippen molar-refractivity contribution in [2.45, 2.75) is 56.5 Å². The SMILES string of the molecule is Cc1cccc(C)c1-n1nnnc1S[C@H](C)C(=O)N[C@@H]1CCCc2ccccc21. The molecule has 0 spiro atoms. The first-order valence-electron chi connectivity index (χ1n) is 9.94. The lowest BCUT2D eigenvalue weighted by Gasteiger charge is -2.27. The minimum absolute atomic E-state index is 0.00718. The van der Waals surface area contributed by atoms with Crippen molar-refractivity contribution in [1.29, 1.82) is 0 Å². The van der Waals surface area contributed by atoms with Crippen LogP contribution >= 0.6 is 11.8 Å². The number of fused-ring (bicyclic) bond motifs is 1. The van der Waals surface area contributed by atoms with E-state index in [-0.39, 0.29) is 17.2 Å². The second kappa shape index (κ2) is 8.37. The minimum atomic E-state index is -0.307. The Morgan fingerprint density at radius 1 is 1.17 bits per heavy atom. The fraction of sp³-hybridized carbons (Fsp3) is 0.364. The number of hydrogen-bond donors (Lipinski definition) is 1.